The van der Waals surface area contributed by atoms with Crippen LogP contribution in [0.3, 0.4) is 0 Å². The van der Waals surface area contributed by atoms with Crippen LogP contribution in [0.2, 0.25) is 0 Å². The molecule has 0 saturated carbocycles. The van der Waals surface area contributed by atoms with Crippen LogP contribution >= 0.6 is 7.28 Å². The molecule has 0 amide bonds. The zero-order chi connectivity index (χ0) is 19.2. The molecule has 0 spiro atoms. The minimum absolute atomic E-state index is 0.0770. The fourth-order valence-corrected chi connectivity index (χ4v) is 5.31. The standard InChI is InChI=1S/C22H41O3P/c1-2-3-4-5-6-7-8-9-10-11-12-13-14-18-21-26(23,24,25)22-19-16-15-17-20-22/h15-17,19-20,23-25H,2-14,18,21H2,1H3. The fourth-order valence-electron chi connectivity index (χ4n) is 3.46. The minimum atomic E-state index is -4.66. The maximum absolute atomic E-state index is 10.3. The van der Waals surface area contributed by atoms with Gasteiger partial charge in [-0.2, -0.15) is 0 Å². The average molecular weight is 385 g/mol. The molecule has 0 bridgehead atoms. The van der Waals surface area contributed by atoms with E-state index >= 15 is 0 Å². The summed E-state index contributed by atoms with van der Waals surface area (Å²) in [6.45, 7) is 2.26. The summed E-state index contributed by atoms with van der Waals surface area (Å²) in [5.74, 6) is 0. The third-order valence-electron chi connectivity index (χ3n) is 5.21. The molecule has 0 aliphatic rings. The molecular weight excluding hydrogens is 343 g/mol. The molecule has 4 heteroatoms. The van der Waals surface area contributed by atoms with E-state index in [2.05, 4.69) is 6.92 Å². The molecule has 0 radical (unpaired) electrons. The zero-order valence-electron chi connectivity index (χ0n) is 16.8. The molecule has 0 saturated heterocycles. The van der Waals surface area contributed by atoms with Gasteiger partial charge in [0.2, 0.25) is 0 Å². The SMILES string of the molecule is CCCCCCCCCCCCCCCCP(O)(O)(O)c1ccccc1. The Bertz CT molecular complexity index is 453. The first-order valence-corrected chi connectivity index (χ1v) is 13.0. The van der Waals surface area contributed by atoms with Crippen LogP contribution in [0, 0.1) is 0 Å². The molecule has 1 aromatic carbocycles. The summed E-state index contributed by atoms with van der Waals surface area (Å²) in [6.07, 6.45) is 17.6. The Kier molecular flexibility index (Phi) is 11.6. The van der Waals surface area contributed by atoms with Gasteiger partial charge >= 0.3 is 134 Å². The van der Waals surface area contributed by atoms with E-state index in [4.69, 9.17) is 0 Å². The predicted octanol–water partition coefficient (Wildman–Crippen LogP) is 6.07. The van der Waals surface area contributed by atoms with Gasteiger partial charge in [0.05, 0.1) is 0 Å². The van der Waals surface area contributed by atoms with Crippen LogP contribution in [0.4, 0.5) is 0 Å². The zero-order valence-corrected chi connectivity index (χ0v) is 17.7. The van der Waals surface area contributed by atoms with E-state index in [9.17, 15) is 14.7 Å². The molecule has 0 atom stereocenters. The molecule has 152 valence electrons. The van der Waals surface area contributed by atoms with Crippen LogP contribution < -0.4 is 5.30 Å². The van der Waals surface area contributed by atoms with Crippen molar-refractivity contribution >= 4 is 12.6 Å². The Balaban J connectivity index is 1.96. The van der Waals surface area contributed by atoms with Crippen molar-refractivity contribution in [2.45, 2.75) is 96.8 Å². The van der Waals surface area contributed by atoms with Crippen molar-refractivity contribution < 1.29 is 14.7 Å². The third-order valence-corrected chi connectivity index (χ3v) is 7.70. The molecule has 1 aromatic rings. The number of benzene rings is 1. The van der Waals surface area contributed by atoms with Gasteiger partial charge in [-0.3, -0.25) is 0 Å². The van der Waals surface area contributed by atoms with Gasteiger partial charge in [0, 0.05) is 0 Å². The van der Waals surface area contributed by atoms with Gasteiger partial charge in [0.15, 0.2) is 0 Å². The van der Waals surface area contributed by atoms with E-state index in [0.29, 0.717) is 6.42 Å². The Morgan fingerprint density at radius 3 is 1.38 bits per heavy atom. The molecule has 1 rings (SSSR count). The Morgan fingerprint density at radius 2 is 0.962 bits per heavy atom. The second kappa shape index (κ2) is 12.8. The monoisotopic (exact) mass is 384 g/mol. The van der Waals surface area contributed by atoms with Crippen molar-refractivity contribution in [3.8, 4) is 0 Å². The van der Waals surface area contributed by atoms with Crippen LogP contribution in [-0.4, -0.2) is 20.8 Å². The molecular formula is C22H41O3P. The molecule has 0 aliphatic heterocycles. The molecule has 26 heavy (non-hydrogen) atoms. The second-order valence-corrected chi connectivity index (χ2v) is 11.1. The second-order valence-electron chi connectivity index (χ2n) is 7.81. The average Bonchev–Trinajstić information content (AvgIpc) is 2.62. The molecule has 0 fully saturated rings. The van der Waals surface area contributed by atoms with Gasteiger partial charge < -0.3 is 0 Å². The van der Waals surface area contributed by atoms with Crippen LogP contribution in [0.1, 0.15) is 96.8 Å². The molecule has 3 N–H and O–H groups in total. The number of hydrogen-bond donors (Lipinski definition) is 3. The summed E-state index contributed by atoms with van der Waals surface area (Å²) >= 11 is 0. The quantitative estimate of drug-likeness (QED) is 0.239. The first kappa shape index (κ1) is 23.6. The molecule has 0 unspecified atom stereocenters. The predicted molar refractivity (Wildman–Crippen MR) is 115 cm³/mol. The first-order chi connectivity index (χ1) is 12.4. The molecule has 0 heterocycles. The molecule has 3 nitrogen and oxygen atoms in total. The van der Waals surface area contributed by atoms with E-state index in [1.54, 1.807) is 24.3 Å². The van der Waals surface area contributed by atoms with Gasteiger partial charge in [-0.25, -0.2) is 0 Å². The van der Waals surface area contributed by atoms with E-state index in [1.807, 2.05) is 6.07 Å². The van der Waals surface area contributed by atoms with Crippen molar-refractivity contribution in [1.29, 1.82) is 0 Å². The number of unbranched alkanes of at least 4 members (excludes halogenated alkanes) is 13. The third kappa shape index (κ3) is 10.6. The van der Waals surface area contributed by atoms with Crippen molar-refractivity contribution in [2.75, 3.05) is 6.16 Å². The van der Waals surface area contributed by atoms with Crippen molar-refractivity contribution in [2.24, 2.45) is 0 Å². The van der Waals surface area contributed by atoms with E-state index in [0.717, 1.165) is 12.8 Å². The topological polar surface area (TPSA) is 60.7 Å². The van der Waals surface area contributed by atoms with Crippen LogP contribution in [0.5, 0.6) is 0 Å². The van der Waals surface area contributed by atoms with Crippen LogP contribution in [-0.2, 0) is 0 Å². The van der Waals surface area contributed by atoms with Crippen LogP contribution in [0.15, 0.2) is 30.3 Å². The van der Waals surface area contributed by atoms with Gasteiger partial charge in [-0.1, -0.05) is 26.2 Å². The summed E-state index contributed by atoms with van der Waals surface area (Å²) in [4.78, 5) is 30.9. The summed E-state index contributed by atoms with van der Waals surface area (Å²) in [5.41, 5.74) is 0. The van der Waals surface area contributed by atoms with Gasteiger partial charge in [-0.15, -0.1) is 0 Å². The molecule has 0 aromatic heterocycles. The van der Waals surface area contributed by atoms with Crippen molar-refractivity contribution in [3.05, 3.63) is 30.3 Å². The normalized spacial score (nSPS) is 13.5. The van der Waals surface area contributed by atoms with E-state index in [-0.39, 0.29) is 11.5 Å². The summed E-state index contributed by atoms with van der Waals surface area (Å²) < 4.78 is 0. The maximum atomic E-state index is 10.3. The van der Waals surface area contributed by atoms with Crippen LogP contribution in [0.25, 0.3) is 0 Å². The van der Waals surface area contributed by atoms with E-state index in [1.165, 1.54) is 70.6 Å². The summed E-state index contributed by atoms with van der Waals surface area (Å²) in [5, 5.41) is 0.271. The molecule has 0 aliphatic carbocycles. The Labute approximate surface area is 161 Å². The summed E-state index contributed by atoms with van der Waals surface area (Å²) in [6, 6.07) is 8.46. The first-order valence-electron chi connectivity index (χ1n) is 10.8. The van der Waals surface area contributed by atoms with E-state index < -0.39 is 7.28 Å². The van der Waals surface area contributed by atoms with Gasteiger partial charge in [0.1, 0.15) is 0 Å². The number of hydrogen-bond acceptors (Lipinski definition) is 3. The Morgan fingerprint density at radius 1 is 0.577 bits per heavy atom. The van der Waals surface area contributed by atoms with Crippen molar-refractivity contribution in [1.82, 2.24) is 0 Å². The van der Waals surface area contributed by atoms with Gasteiger partial charge in [-0.05, 0) is 0 Å². The summed E-state index contributed by atoms with van der Waals surface area (Å²) in [7, 11) is -4.66. The Hall–Kier alpha value is -0.470. The van der Waals surface area contributed by atoms with Crippen molar-refractivity contribution in [3.63, 3.8) is 0 Å². The fraction of sp³-hybridized carbons (Fsp3) is 0.727. The number of rotatable bonds is 16. The van der Waals surface area contributed by atoms with Gasteiger partial charge in [0.25, 0.3) is 0 Å².